The van der Waals surface area contributed by atoms with Crippen LogP contribution < -0.4 is 5.32 Å². The molecule has 3 N–H and O–H groups in total. The van der Waals surface area contributed by atoms with Gasteiger partial charge < -0.3 is 19.8 Å². The number of hydrogen-bond donors (Lipinski definition) is 3. The number of amides is 1. The second-order valence-corrected chi connectivity index (χ2v) is 27.4. The van der Waals surface area contributed by atoms with Crippen molar-refractivity contribution in [3.63, 3.8) is 0 Å². The van der Waals surface area contributed by atoms with Crippen molar-refractivity contribution in [2.75, 3.05) is 40.9 Å². The number of likely N-dealkylation sites (N-methyl/N-ethyl adjacent to an activating group) is 1. The molecule has 9 heteroatoms. The molecule has 8 nitrogen and oxygen atoms in total. The first-order valence-electron chi connectivity index (χ1n) is 36.8. The van der Waals surface area contributed by atoms with Crippen LogP contribution in [0.3, 0.4) is 0 Å². The molecule has 0 spiro atoms. The zero-order valence-corrected chi connectivity index (χ0v) is 58.6. The molecule has 0 saturated heterocycles. The van der Waals surface area contributed by atoms with E-state index in [4.69, 9.17) is 9.05 Å². The number of allylic oxidation sites excluding steroid dienone is 17. The molecule has 0 fully saturated rings. The normalized spacial score (nSPS) is 14.2. The average Bonchev–Trinajstić information content (AvgIpc) is 3.71. The molecule has 0 radical (unpaired) electrons. The van der Waals surface area contributed by atoms with Crippen LogP contribution in [0.1, 0.15) is 328 Å². The summed E-state index contributed by atoms with van der Waals surface area (Å²) in [5.41, 5.74) is 0. The third-order valence-corrected chi connectivity index (χ3v) is 17.2. The molecule has 0 aromatic rings. The lowest BCUT2D eigenvalue weighted by atomic mass is 10.0. The minimum absolute atomic E-state index is 0.0496. The first-order valence-corrected chi connectivity index (χ1v) is 38.3. The van der Waals surface area contributed by atoms with Crippen molar-refractivity contribution in [1.82, 2.24) is 5.32 Å². The number of carbonyl (C=O) groups excluding carboxylic acids is 1. The van der Waals surface area contributed by atoms with Crippen LogP contribution in [0.15, 0.2) is 109 Å². The minimum atomic E-state index is -4.37. The molecule has 0 saturated carbocycles. The van der Waals surface area contributed by atoms with E-state index in [2.05, 4.69) is 116 Å². The van der Waals surface area contributed by atoms with Crippen LogP contribution in [0.5, 0.6) is 0 Å². The van der Waals surface area contributed by atoms with E-state index in [1.54, 1.807) is 6.08 Å². The summed E-state index contributed by atoms with van der Waals surface area (Å²) in [7, 11) is 1.54. The second-order valence-electron chi connectivity index (χ2n) is 25.9. The molecule has 0 aromatic heterocycles. The van der Waals surface area contributed by atoms with Crippen LogP contribution >= 0.6 is 7.82 Å². The van der Waals surface area contributed by atoms with E-state index in [9.17, 15) is 19.4 Å². The summed E-state index contributed by atoms with van der Waals surface area (Å²) in [5, 5.41) is 14.0. The number of aliphatic hydroxyl groups is 1. The van der Waals surface area contributed by atoms with Gasteiger partial charge in [0.1, 0.15) is 13.2 Å². The zero-order valence-electron chi connectivity index (χ0n) is 57.7. The van der Waals surface area contributed by atoms with E-state index in [1.807, 2.05) is 27.2 Å². The second kappa shape index (κ2) is 67.6. The van der Waals surface area contributed by atoms with Crippen molar-refractivity contribution in [3.8, 4) is 0 Å². The van der Waals surface area contributed by atoms with Gasteiger partial charge >= 0.3 is 7.82 Å². The van der Waals surface area contributed by atoms with E-state index >= 15 is 0 Å². The molecule has 0 aliphatic heterocycles. The Bertz CT molecular complexity index is 1790. The largest absolute Gasteiger partial charge is 0.472 e. The standard InChI is InChI=1S/C78H141N2O6P/c1-6-8-10-12-14-16-18-20-22-24-26-28-30-32-34-36-38-40-42-44-46-48-50-52-54-56-58-60-62-64-66-68-70-72-78(82)79-76(75-86-87(83,84)85-74-73-80(3,4)5)77(81)71-69-67-65-63-61-59-57-55-53-51-49-47-45-43-41-39-37-35-33-31-29-27-25-23-21-19-17-15-13-11-9-7-2/h8,10,14,16,20,22,26,28,32,34,38,40,53,55,61,63,69,71,76-77,81H,6-7,9,11-13,15,17-19,21,23-25,27,29-31,33,35-37,39,41-52,54,56-60,62,64-68,70,72-75H2,1-5H3,(H-,79,82,83,84)/p+1/b10-8-,16-14-,22-20-,28-26-,34-32-,40-38-,55-53+,63-61+,71-69+. The van der Waals surface area contributed by atoms with E-state index in [0.717, 1.165) is 83.5 Å². The van der Waals surface area contributed by atoms with E-state index < -0.39 is 20.0 Å². The lowest BCUT2D eigenvalue weighted by molar-refractivity contribution is -0.870. The van der Waals surface area contributed by atoms with Gasteiger partial charge in [-0.2, -0.15) is 0 Å². The molecule has 3 atom stereocenters. The van der Waals surface area contributed by atoms with Crippen molar-refractivity contribution in [1.29, 1.82) is 0 Å². The number of phosphoric ester groups is 1. The molecule has 87 heavy (non-hydrogen) atoms. The Hall–Kier alpha value is -2.84. The maximum absolute atomic E-state index is 13.1. The van der Waals surface area contributed by atoms with Crippen LogP contribution in [0.4, 0.5) is 0 Å². The van der Waals surface area contributed by atoms with Crippen molar-refractivity contribution < 1.29 is 32.9 Å². The van der Waals surface area contributed by atoms with Crippen LogP contribution in [0.2, 0.25) is 0 Å². The summed E-state index contributed by atoms with van der Waals surface area (Å²) in [5.74, 6) is -0.192. The predicted molar refractivity (Wildman–Crippen MR) is 382 cm³/mol. The van der Waals surface area contributed by atoms with Crippen molar-refractivity contribution in [2.24, 2.45) is 0 Å². The van der Waals surface area contributed by atoms with E-state index in [1.165, 1.54) is 225 Å². The lowest BCUT2D eigenvalue weighted by Gasteiger charge is -2.25. The first-order chi connectivity index (χ1) is 42.5. The van der Waals surface area contributed by atoms with Gasteiger partial charge in [0.15, 0.2) is 0 Å². The maximum atomic E-state index is 13.1. The highest BCUT2D eigenvalue weighted by Gasteiger charge is 2.28. The summed E-state index contributed by atoms with van der Waals surface area (Å²) < 4.78 is 23.8. The number of rotatable bonds is 67. The zero-order chi connectivity index (χ0) is 63.4. The number of carbonyl (C=O) groups is 1. The fourth-order valence-corrected chi connectivity index (χ4v) is 11.3. The highest BCUT2D eigenvalue weighted by atomic mass is 31.2. The van der Waals surface area contributed by atoms with Crippen molar-refractivity contribution >= 4 is 13.7 Å². The molecular formula is C78H142N2O6P+. The van der Waals surface area contributed by atoms with Gasteiger partial charge in [-0.3, -0.25) is 13.8 Å². The van der Waals surface area contributed by atoms with Crippen LogP contribution in [-0.2, 0) is 18.4 Å². The number of hydrogen-bond acceptors (Lipinski definition) is 5. The molecule has 0 aromatic carbocycles. The third-order valence-electron chi connectivity index (χ3n) is 16.2. The SMILES string of the molecule is CC/C=C\C/C=C\C/C=C\C/C=C\C/C=C\C/C=C\CCCCCCCCCCCCCCCCC(=O)NC(COP(=O)(O)OCC[N+](C)(C)C)C(O)/C=C/CC/C=C/CC/C=C/CCCCCCCCCCCCCCCCCCCCCCCC. The van der Waals surface area contributed by atoms with Gasteiger partial charge in [0.2, 0.25) is 5.91 Å². The Morgan fingerprint density at radius 3 is 1.06 bits per heavy atom. The van der Waals surface area contributed by atoms with Crippen LogP contribution in [0.25, 0.3) is 0 Å². The van der Waals surface area contributed by atoms with Crippen LogP contribution in [-0.4, -0.2) is 73.4 Å². The molecule has 0 rings (SSSR count). The molecule has 0 heterocycles. The maximum Gasteiger partial charge on any atom is 0.472 e. The molecule has 0 aliphatic carbocycles. The predicted octanol–water partition coefficient (Wildman–Crippen LogP) is 23.8. The molecule has 504 valence electrons. The summed E-state index contributed by atoms with van der Waals surface area (Å²) >= 11 is 0. The molecule has 0 aliphatic rings. The number of aliphatic hydroxyl groups excluding tert-OH is 1. The van der Waals surface area contributed by atoms with Gasteiger partial charge in [-0.05, 0) is 96.3 Å². The highest BCUT2D eigenvalue weighted by Crippen LogP contribution is 2.43. The Labute approximate surface area is 540 Å². The van der Waals surface area contributed by atoms with Gasteiger partial charge in [0.25, 0.3) is 0 Å². The quantitative estimate of drug-likeness (QED) is 0.0243. The Kier molecular flexibility index (Phi) is 65.3. The number of nitrogens with zero attached hydrogens (tertiary/aromatic N) is 1. The summed E-state index contributed by atoms with van der Waals surface area (Å²) in [6.07, 6.45) is 99.7. The van der Waals surface area contributed by atoms with Gasteiger partial charge in [-0.1, -0.05) is 335 Å². The number of nitrogens with one attached hydrogen (secondary N) is 1. The smallest absolute Gasteiger partial charge is 0.387 e. The lowest BCUT2D eigenvalue weighted by Crippen LogP contribution is -2.45. The fraction of sp³-hybridized carbons (Fsp3) is 0.756. The molecule has 3 unspecified atom stereocenters. The summed E-state index contributed by atoms with van der Waals surface area (Å²) in [6, 6.07) is -0.879. The Morgan fingerprint density at radius 2 is 0.701 bits per heavy atom. The van der Waals surface area contributed by atoms with Crippen molar-refractivity contribution in [2.45, 2.75) is 341 Å². The molecule has 1 amide bonds. The molecular weight excluding hydrogens is 1090 g/mol. The monoisotopic (exact) mass is 1230 g/mol. The number of phosphoric acid groups is 1. The van der Waals surface area contributed by atoms with Crippen molar-refractivity contribution in [3.05, 3.63) is 109 Å². The topological polar surface area (TPSA) is 105 Å². The molecule has 0 bridgehead atoms. The Balaban J connectivity index is 4.12. The Morgan fingerprint density at radius 1 is 0.402 bits per heavy atom. The van der Waals surface area contributed by atoms with Crippen LogP contribution in [0, 0.1) is 0 Å². The summed E-state index contributed by atoms with van der Waals surface area (Å²) in [4.78, 5) is 23.4. The van der Waals surface area contributed by atoms with E-state index in [0.29, 0.717) is 17.4 Å². The highest BCUT2D eigenvalue weighted by molar-refractivity contribution is 7.47. The number of unbranched alkanes of at least 4 members (excludes halogenated alkanes) is 38. The summed E-state index contributed by atoms with van der Waals surface area (Å²) in [6.45, 7) is 4.70. The average molecular weight is 1230 g/mol. The number of quaternary nitrogens is 1. The van der Waals surface area contributed by atoms with E-state index in [-0.39, 0.29) is 19.1 Å². The van der Waals surface area contributed by atoms with Gasteiger partial charge in [-0.15, -0.1) is 0 Å². The van der Waals surface area contributed by atoms with Gasteiger partial charge in [-0.25, -0.2) is 4.57 Å². The van der Waals surface area contributed by atoms with Gasteiger partial charge in [0.05, 0.1) is 39.9 Å². The fourth-order valence-electron chi connectivity index (χ4n) is 10.6. The third kappa shape index (κ3) is 70.5. The first kappa shape index (κ1) is 84.2. The minimum Gasteiger partial charge on any atom is -0.387 e. The van der Waals surface area contributed by atoms with Gasteiger partial charge in [0, 0.05) is 6.42 Å².